The Morgan fingerprint density at radius 2 is 1.39 bits per heavy atom. The number of aromatic nitrogens is 4. The topological polar surface area (TPSA) is 101 Å². The highest BCUT2D eigenvalue weighted by Gasteiger charge is 2.12. The molecule has 9 heteroatoms. The maximum atomic E-state index is 12.5. The summed E-state index contributed by atoms with van der Waals surface area (Å²) < 4.78 is 1.65. The van der Waals surface area contributed by atoms with E-state index in [0.717, 1.165) is 22.4 Å². The number of nitrogens with zero attached hydrogens (tertiary/aromatic N) is 4. The Morgan fingerprint density at radius 3 is 2.08 bits per heavy atom. The van der Waals surface area contributed by atoms with Crippen molar-refractivity contribution in [3.8, 4) is 22.4 Å². The second kappa shape index (κ2) is 10.4. The third kappa shape index (κ3) is 5.42. The molecule has 0 atom stereocenters. The minimum atomic E-state index is -0.184. The van der Waals surface area contributed by atoms with Gasteiger partial charge in [-0.15, -0.1) is 10.2 Å². The summed E-state index contributed by atoms with van der Waals surface area (Å²) in [5, 5.41) is 19.1. The molecule has 2 amide bonds. The molecule has 0 saturated heterocycles. The number of rotatable bonds is 7. The van der Waals surface area contributed by atoms with Crippen molar-refractivity contribution in [1.29, 1.82) is 0 Å². The predicted molar refractivity (Wildman–Crippen MR) is 142 cm³/mol. The van der Waals surface area contributed by atoms with Crippen molar-refractivity contribution in [3.63, 3.8) is 0 Å². The van der Waals surface area contributed by atoms with E-state index in [4.69, 9.17) is 5.10 Å². The van der Waals surface area contributed by atoms with Crippen molar-refractivity contribution < 1.29 is 9.59 Å². The van der Waals surface area contributed by atoms with E-state index in [1.807, 2.05) is 42.5 Å². The van der Waals surface area contributed by atoms with Crippen LogP contribution in [0, 0.1) is 0 Å². The lowest BCUT2D eigenvalue weighted by Gasteiger charge is -2.07. The van der Waals surface area contributed by atoms with Crippen molar-refractivity contribution >= 4 is 40.6 Å². The van der Waals surface area contributed by atoms with E-state index in [-0.39, 0.29) is 17.6 Å². The molecule has 0 radical (unpaired) electrons. The van der Waals surface area contributed by atoms with E-state index in [1.54, 1.807) is 28.8 Å². The van der Waals surface area contributed by atoms with Crippen molar-refractivity contribution in [1.82, 2.24) is 19.8 Å². The van der Waals surface area contributed by atoms with Crippen LogP contribution in [-0.2, 0) is 9.59 Å². The summed E-state index contributed by atoms with van der Waals surface area (Å²) in [7, 11) is 0. The highest BCUT2D eigenvalue weighted by Crippen LogP contribution is 2.25. The van der Waals surface area contributed by atoms with Crippen LogP contribution in [0.2, 0.25) is 0 Å². The number of anilines is 2. The maximum absolute atomic E-state index is 12.5. The normalized spacial score (nSPS) is 10.8. The molecule has 178 valence electrons. The van der Waals surface area contributed by atoms with Crippen molar-refractivity contribution in [2.45, 2.75) is 12.1 Å². The van der Waals surface area contributed by atoms with Crippen LogP contribution in [-0.4, -0.2) is 37.4 Å². The van der Waals surface area contributed by atoms with Crippen molar-refractivity contribution in [3.05, 3.63) is 91.0 Å². The number of carbonyl (C=O) groups excluding carboxylic acids is 2. The summed E-state index contributed by atoms with van der Waals surface area (Å²) in [4.78, 5) is 23.6. The third-order valence-corrected chi connectivity index (χ3v) is 6.26. The molecule has 36 heavy (non-hydrogen) atoms. The zero-order valence-electron chi connectivity index (χ0n) is 19.4. The summed E-state index contributed by atoms with van der Waals surface area (Å²) in [6, 6.07) is 29.1. The number of fused-ring (bicyclic) bond motifs is 1. The molecule has 0 aliphatic rings. The summed E-state index contributed by atoms with van der Waals surface area (Å²) in [5.41, 5.74) is 5.97. The first-order chi connectivity index (χ1) is 17.5. The van der Waals surface area contributed by atoms with Gasteiger partial charge in [0.05, 0.1) is 11.4 Å². The Morgan fingerprint density at radius 1 is 0.750 bits per heavy atom. The Labute approximate surface area is 211 Å². The molecule has 0 fully saturated rings. The lowest BCUT2D eigenvalue weighted by atomic mass is 10.0. The number of amides is 2. The monoisotopic (exact) mass is 494 g/mol. The molecule has 0 aliphatic carbocycles. The van der Waals surface area contributed by atoms with Gasteiger partial charge in [0.1, 0.15) is 0 Å². The fourth-order valence-electron chi connectivity index (χ4n) is 3.64. The Balaban J connectivity index is 1.26. The molecule has 2 heterocycles. The summed E-state index contributed by atoms with van der Waals surface area (Å²) in [6.45, 7) is 1.44. The lowest BCUT2D eigenvalue weighted by molar-refractivity contribution is -0.114. The molecular weight excluding hydrogens is 472 g/mol. The average Bonchev–Trinajstić information content (AvgIpc) is 3.31. The van der Waals surface area contributed by atoms with Gasteiger partial charge in [0, 0.05) is 23.9 Å². The van der Waals surface area contributed by atoms with Crippen LogP contribution >= 0.6 is 11.8 Å². The highest BCUT2D eigenvalue weighted by atomic mass is 32.2. The van der Waals surface area contributed by atoms with Gasteiger partial charge in [-0.05, 0) is 47.5 Å². The molecular formula is C27H22N6O2S. The van der Waals surface area contributed by atoms with Crippen LogP contribution in [0.15, 0.2) is 96.2 Å². The Hall–Kier alpha value is -4.50. The summed E-state index contributed by atoms with van der Waals surface area (Å²) >= 11 is 1.26. The zero-order chi connectivity index (χ0) is 24.9. The van der Waals surface area contributed by atoms with Gasteiger partial charge in [-0.25, -0.2) is 0 Å². The molecule has 0 bridgehead atoms. The van der Waals surface area contributed by atoms with Gasteiger partial charge in [-0.3, -0.25) is 9.59 Å². The van der Waals surface area contributed by atoms with Crippen LogP contribution < -0.4 is 10.6 Å². The molecule has 3 aromatic carbocycles. The van der Waals surface area contributed by atoms with Crippen LogP contribution in [0.1, 0.15) is 6.92 Å². The van der Waals surface area contributed by atoms with E-state index in [1.165, 1.54) is 18.7 Å². The minimum absolute atomic E-state index is 0.145. The van der Waals surface area contributed by atoms with Crippen molar-refractivity contribution in [2.75, 3.05) is 16.4 Å². The van der Waals surface area contributed by atoms with E-state index in [9.17, 15) is 9.59 Å². The highest BCUT2D eigenvalue weighted by molar-refractivity contribution is 7.99. The van der Waals surface area contributed by atoms with Gasteiger partial charge < -0.3 is 10.6 Å². The van der Waals surface area contributed by atoms with Gasteiger partial charge in [-0.1, -0.05) is 66.4 Å². The fraction of sp³-hybridized carbons (Fsp3) is 0.0741. The minimum Gasteiger partial charge on any atom is -0.326 e. The first-order valence-corrected chi connectivity index (χ1v) is 12.2. The largest absolute Gasteiger partial charge is 0.326 e. The number of carbonyl (C=O) groups is 2. The molecule has 8 nitrogen and oxygen atoms in total. The van der Waals surface area contributed by atoms with Crippen molar-refractivity contribution in [2.24, 2.45) is 0 Å². The van der Waals surface area contributed by atoms with Gasteiger partial charge in [-0.2, -0.15) is 9.61 Å². The van der Waals surface area contributed by atoms with Gasteiger partial charge >= 0.3 is 0 Å². The second-order valence-corrected chi connectivity index (χ2v) is 8.95. The maximum Gasteiger partial charge on any atom is 0.234 e. The molecule has 0 saturated carbocycles. The molecule has 2 aromatic heterocycles. The third-order valence-electron chi connectivity index (χ3n) is 5.34. The van der Waals surface area contributed by atoms with E-state index >= 15 is 0 Å². The Bertz CT molecular complexity index is 1520. The SMILES string of the molecule is CC(=O)Nc1ccc(NC(=O)CSc2nnc3ccc(-c4ccc(-c5ccccc5)cc4)nn23)cc1. The summed E-state index contributed by atoms with van der Waals surface area (Å²) in [6.07, 6.45) is 0. The molecule has 0 aliphatic heterocycles. The number of benzene rings is 3. The number of hydrogen-bond donors (Lipinski definition) is 2. The molecule has 0 spiro atoms. The van der Waals surface area contributed by atoms with Crippen LogP contribution in [0.3, 0.4) is 0 Å². The smallest absolute Gasteiger partial charge is 0.234 e. The van der Waals surface area contributed by atoms with E-state index in [0.29, 0.717) is 22.2 Å². The quantitative estimate of drug-likeness (QED) is 0.304. The molecule has 0 unspecified atom stereocenters. The lowest BCUT2D eigenvalue weighted by Crippen LogP contribution is -2.14. The Kier molecular flexibility index (Phi) is 6.72. The number of hydrogen-bond acceptors (Lipinski definition) is 6. The molecule has 2 N–H and O–H groups in total. The summed E-state index contributed by atoms with van der Waals surface area (Å²) in [5.74, 6) is -0.187. The van der Waals surface area contributed by atoms with Gasteiger partial charge in [0.25, 0.3) is 0 Å². The predicted octanol–water partition coefficient (Wildman–Crippen LogP) is 5.15. The van der Waals surface area contributed by atoms with E-state index < -0.39 is 0 Å². The first-order valence-electron chi connectivity index (χ1n) is 11.2. The molecule has 5 rings (SSSR count). The number of nitrogens with one attached hydrogen (secondary N) is 2. The van der Waals surface area contributed by atoms with Gasteiger partial charge in [0.2, 0.25) is 17.0 Å². The standard InChI is InChI=1S/C27H22N6O2S/c1-18(34)28-22-11-13-23(14-12-22)29-26(35)17-36-27-31-30-25-16-15-24(32-33(25)27)21-9-7-20(8-10-21)19-5-3-2-4-6-19/h2-16H,17H2,1H3,(H,28,34)(H,29,35). The van der Waals surface area contributed by atoms with Crippen LogP contribution in [0.25, 0.3) is 28.0 Å². The van der Waals surface area contributed by atoms with Crippen LogP contribution in [0.4, 0.5) is 11.4 Å². The average molecular weight is 495 g/mol. The van der Waals surface area contributed by atoms with E-state index in [2.05, 4.69) is 45.1 Å². The van der Waals surface area contributed by atoms with Gasteiger partial charge in [0.15, 0.2) is 5.65 Å². The van der Waals surface area contributed by atoms with Crippen LogP contribution in [0.5, 0.6) is 0 Å². The fourth-order valence-corrected chi connectivity index (χ4v) is 4.33. The molecule has 5 aromatic rings. The first kappa shape index (κ1) is 23.3. The second-order valence-electron chi connectivity index (χ2n) is 8.01. The zero-order valence-corrected chi connectivity index (χ0v) is 20.2. The number of thioether (sulfide) groups is 1.